The van der Waals surface area contributed by atoms with Gasteiger partial charge in [-0.2, -0.15) is 11.8 Å². The molecule has 2 heterocycles. The number of ether oxygens (including phenoxy) is 1. The Morgan fingerprint density at radius 1 is 1.60 bits per heavy atom. The Morgan fingerprint density at radius 2 is 2.47 bits per heavy atom. The fraction of sp³-hybridized carbons (Fsp3) is 0.900. The molecule has 2 aliphatic rings. The van der Waals surface area contributed by atoms with Crippen LogP contribution in [0, 0.1) is 5.92 Å². The monoisotopic (exact) mass is 230 g/mol. The maximum atomic E-state index is 11.5. The van der Waals surface area contributed by atoms with E-state index >= 15 is 0 Å². The second kappa shape index (κ2) is 5.07. The molecule has 2 fully saturated rings. The van der Waals surface area contributed by atoms with Crippen molar-refractivity contribution in [2.75, 3.05) is 31.2 Å². The number of hydrogen-bond donors (Lipinski definition) is 1. The average molecular weight is 230 g/mol. The van der Waals surface area contributed by atoms with Gasteiger partial charge in [0.25, 0.3) is 0 Å². The number of nitrogens with zero attached hydrogens (tertiary/aromatic N) is 1. The van der Waals surface area contributed by atoms with Gasteiger partial charge >= 0.3 is 6.09 Å². The quantitative estimate of drug-likeness (QED) is 0.783. The van der Waals surface area contributed by atoms with Gasteiger partial charge in [0.15, 0.2) is 0 Å². The van der Waals surface area contributed by atoms with E-state index in [2.05, 4.69) is 0 Å². The van der Waals surface area contributed by atoms with E-state index in [9.17, 15) is 4.79 Å². The third-order valence-corrected chi connectivity index (χ3v) is 4.34. The highest BCUT2D eigenvalue weighted by atomic mass is 32.2. The summed E-state index contributed by atoms with van der Waals surface area (Å²) in [7, 11) is 0. The van der Waals surface area contributed by atoms with Crippen LogP contribution in [0.15, 0.2) is 0 Å². The largest absolute Gasteiger partial charge is 0.447 e. The van der Waals surface area contributed by atoms with E-state index < -0.39 is 0 Å². The normalized spacial score (nSPS) is 31.8. The Hall–Kier alpha value is -0.420. The van der Waals surface area contributed by atoms with Crippen molar-refractivity contribution in [2.24, 2.45) is 11.7 Å². The number of carbonyl (C=O) groups excluding carboxylic acids is 1. The van der Waals surface area contributed by atoms with Gasteiger partial charge in [-0.05, 0) is 30.3 Å². The molecule has 2 saturated heterocycles. The van der Waals surface area contributed by atoms with Crippen molar-refractivity contribution >= 4 is 17.9 Å². The maximum Gasteiger partial charge on any atom is 0.410 e. The summed E-state index contributed by atoms with van der Waals surface area (Å²) in [6.07, 6.45) is 2.32. The van der Waals surface area contributed by atoms with E-state index in [1.807, 2.05) is 16.7 Å². The molecule has 86 valence electrons. The predicted octanol–water partition coefficient (Wildman–Crippen LogP) is 0.909. The van der Waals surface area contributed by atoms with Gasteiger partial charge in [0.2, 0.25) is 0 Å². The molecule has 0 bridgehead atoms. The zero-order valence-electron chi connectivity index (χ0n) is 8.85. The number of thioether (sulfide) groups is 1. The van der Waals surface area contributed by atoms with E-state index in [1.54, 1.807) is 0 Å². The minimum atomic E-state index is -0.180. The molecule has 0 spiro atoms. The number of rotatable bonds is 3. The molecule has 0 aromatic carbocycles. The van der Waals surface area contributed by atoms with E-state index in [1.165, 1.54) is 24.3 Å². The van der Waals surface area contributed by atoms with Crippen LogP contribution >= 0.6 is 11.8 Å². The zero-order valence-corrected chi connectivity index (χ0v) is 9.67. The first-order chi connectivity index (χ1) is 7.31. The first-order valence-electron chi connectivity index (χ1n) is 5.52. The predicted molar refractivity (Wildman–Crippen MR) is 60.9 cm³/mol. The van der Waals surface area contributed by atoms with Gasteiger partial charge in [0.05, 0.1) is 6.04 Å². The van der Waals surface area contributed by atoms with Crippen molar-refractivity contribution in [3.63, 3.8) is 0 Å². The Balaban J connectivity index is 1.88. The lowest BCUT2D eigenvalue weighted by Crippen LogP contribution is -2.42. The van der Waals surface area contributed by atoms with Crippen LogP contribution in [0.5, 0.6) is 0 Å². The number of hydrogen-bond acceptors (Lipinski definition) is 4. The summed E-state index contributed by atoms with van der Waals surface area (Å²) < 4.78 is 5.01. The van der Waals surface area contributed by atoms with Gasteiger partial charge in [0, 0.05) is 13.1 Å². The number of amides is 1. The van der Waals surface area contributed by atoms with Crippen LogP contribution in [0.25, 0.3) is 0 Å². The molecule has 0 radical (unpaired) electrons. The third-order valence-electron chi connectivity index (χ3n) is 3.06. The molecule has 1 amide bonds. The summed E-state index contributed by atoms with van der Waals surface area (Å²) in [5.41, 5.74) is 5.61. The molecule has 0 aromatic rings. The highest BCUT2D eigenvalue weighted by molar-refractivity contribution is 7.99. The maximum absolute atomic E-state index is 11.5. The van der Waals surface area contributed by atoms with Gasteiger partial charge in [-0.1, -0.05) is 0 Å². The topological polar surface area (TPSA) is 55.6 Å². The van der Waals surface area contributed by atoms with Gasteiger partial charge < -0.3 is 15.4 Å². The molecular weight excluding hydrogens is 212 g/mol. The highest BCUT2D eigenvalue weighted by Crippen LogP contribution is 2.25. The molecule has 2 unspecified atom stereocenters. The van der Waals surface area contributed by atoms with Crippen LogP contribution in [0.2, 0.25) is 0 Å². The van der Waals surface area contributed by atoms with Crippen molar-refractivity contribution in [2.45, 2.75) is 18.9 Å². The Morgan fingerprint density at radius 3 is 3.13 bits per heavy atom. The van der Waals surface area contributed by atoms with Gasteiger partial charge in [-0.15, -0.1) is 0 Å². The van der Waals surface area contributed by atoms with E-state index in [-0.39, 0.29) is 12.1 Å². The molecule has 2 rings (SSSR count). The third kappa shape index (κ3) is 2.58. The van der Waals surface area contributed by atoms with Crippen molar-refractivity contribution in [3.05, 3.63) is 0 Å². The fourth-order valence-corrected chi connectivity index (χ4v) is 3.28. The summed E-state index contributed by atoms with van der Waals surface area (Å²) in [5.74, 6) is 3.06. The lowest BCUT2D eigenvalue weighted by atomic mass is 10.0. The van der Waals surface area contributed by atoms with Crippen molar-refractivity contribution in [1.82, 2.24) is 4.90 Å². The van der Waals surface area contributed by atoms with E-state index in [0.29, 0.717) is 19.1 Å². The van der Waals surface area contributed by atoms with Crippen LogP contribution in [0.4, 0.5) is 4.79 Å². The number of nitrogens with two attached hydrogens (primary N) is 1. The molecule has 0 aliphatic carbocycles. The summed E-state index contributed by atoms with van der Waals surface area (Å²) in [4.78, 5) is 13.3. The van der Waals surface area contributed by atoms with Gasteiger partial charge in [-0.25, -0.2) is 4.79 Å². The van der Waals surface area contributed by atoms with Crippen molar-refractivity contribution in [1.29, 1.82) is 0 Å². The average Bonchev–Trinajstić information content (AvgIpc) is 2.62. The minimum absolute atomic E-state index is 0.101. The van der Waals surface area contributed by atoms with Gasteiger partial charge in [-0.3, -0.25) is 0 Å². The van der Waals surface area contributed by atoms with Crippen molar-refractivity contribution in [3.8, 4) is 0 Å². The smallest absolute Gasteiger partial charge is 0.410 e. The van der Waals surface area contributed by atoms with Crippen LogP contribution < -0.4 is 5.73 Å². The molecule has 15 heavy (non-hydrogen) atoms. The van der Waals surface area contributed by atoms with E-state index in [4.69, 9.17) is 10.5 Å². The lowest BCUT2D eigenvalue weighted by Gasteiger charge is -2.28. The molecule has 2 aliphatic heterocycles. The van der Waals surface area contributed by atoms with Crippen LogP contribution in [0.3, 0.4) is 0 Å². The molecule has 0 aromatic heterocycles. The van der Waals surface area contributed by atoms with Crippen LogP contribution in [-0.4, -0.2) is 48.2 Å². The number of cyclic esters (lactones) is 1. The molecule has 2 atom stereocenters. The standard InChI is InChI=1S/C10H18N2O2S/c11-4-9-6-14-10(13)12(9)5-8-2-1-3-15-7-8/h8-9H,1-7,11H2. The second-order valence-electron chi connectivity index (χ2n) is 4.20. The Kier molecular flexibility index (Phi) is 3.75. The molecule has 5 heteroatoms. The summed E-state index contributed by atoms with van der Waals surface area (Å²) >= 11 is 1.99. The molecular formula is C10H18N2O2S. The summed E-state index contributed by atoms with van der Waals surface area (Å²) in [5, 5.41) is 0. The SMILES string of the molecule is NCC1COC(=O)N1CC1CCCSC1. The first-order valence-corrected chi connectivity index (χ1v) is 6.68. The second-order valence-corrected chi connectivity index (χ2v) is 5.35. The lowest BCUT2D eigenvalue weighted by molar-refractivity contribution is 0.153. The first kappa shape index (κ1) is 11.1. The van der Waals surface area contributed by atoms with Crippen LogP contribution in [-0.2, 0) is 4.74 Å². The van der Waals surface area contributed by atoms with E-state index in [0.717, 1.165) is 6.54 Å². The summed E-state index contributed by atoms with van der Waals surface area (Å²) in [6, 6.07) is 0.101. The van der Waals surface area contributed by atoms with Gasteiger partial charge in [0.1, 0.15) is 6.61 Å². The Labute approximate surface area is 94.5 Å². The highest BCUT2D eigenvalue weighted by Gasteiger charge is 2.33. The summed E-state index contributed by atoms with van der Waals surface area (Å²) in [6.45, 7) is 1.80. The zero-order chi connectivity index (χ0) is 10.7. The van der Waals surface area contributed by atoms with Crippen molar-refractivity contribution < 1.29 is 9.53 Å². The number of carbonyl (C=O) groups is 1. The molecule has 0 saturated carbocycles. The fourth-order valence-electron chi connectivity index (χ4n) is 2.14. The molecule has 4 nitrogen and oxygen atoms in total. The van der Waals surface area contributed by atoms with Crippen LogP contribution in [0.1, 0.15) is 12.8 Å². The molecule has 2 N–H and O–H groups in total. The minimum Gasteiger partial charge on any atom is -0.447 e. The Bertz CT molecular complexity index is 231.